The van der Waals surface area contributed by atoms with Gasteiger partial charge in [0.15, 0.2) is 0 Å². The van der Waals surface area contributed by atoms with Gasteiger partial charge in [0, 0.05) is 16.2 Å². The molecule has 0 bridgehead atoms. The van der Waals surface area contributed by atoms with Crippen LogP contribution < -0.4 is 5.32 Å². The van der Waals surface area contributed by atoms with E-state index < -0.39 is 0 Å². The van der Waals surface area contributed by atoms with Crippen molar-refractivity contribution in [1.82, 2.24) is 0 Å². The Morgan fingerprint density at radius 3 is 2.39 bits per heavy atom. The van der Waals surface area contributed by atoms with Crippen LogP contribution >= 0.6 is 15.9 Å². The van der Waals surface area contributed by atoms with Crippen LogP contribution in [0.3, 0.4) is 0 Å². The van der Waals surface area contributed by atoms with Crippen LogP contribution in [0.15, 0.2) is 22.7 Å². The average Bonchev–Trinajstić information content (AvgIpc) is 2.31. The lowest BCUT2D eigenvalue weighted by molar-refractivity contribution is 0.471. The van der Waals surface area contributed by atoms with Gasteiger partial charge in [-0.2, -0.15) is 5.26 Å². The van der Waals surface area contributed by atoms with Crippen molar-refractivity contribution < 1.29 is 0 Å². The van der Waals surface area contributed by atoms with E-state index >= 15 is 0 Å². The van der Waals surface area contributed by atoms with Crippen molar-refractivity contribution in [3.8, 4) is 6.07 Å². The summed E-state index contributed by atoms with van der Waals surface area (Å²) in [5, 5.41) is 12.6. The maximum Gasteiger partial charge on any atom is 0.0992 e. The molecule has 1 N–H and O–H groups in total. The number of nitrogens with one attached hydrogen (secondary N) is 1. The normalized spacial score (nSPS) is 17.6. The third-order valence-corrected chi connectivity index (χ3v) is 3.96. The fourth-order valence-electron chi connectivity index (χ4n) is 2.57. The maximum atomic E-state index is 8.98. The Morgan fingerprint density at radius 2 is 1.72 bits per heavy atom. The molecule has 0 heterocycles. The summed E-state index contributed by atoms with van der Waals surface area (Å²) in [5.74, 6) is 0. The quantitative estimate of drug-likeness (QED) is 0.848. The van der Waals surface area contributed by atoms with Gasteiger partial charge < -0.3 is 5.32 Å². The molecule has 0 spiro atoms. The summed E-state index contributed by atoms with van der Waals surface area (Å²) in [6, 6.07) is 8.60. The lowest BCUT2D eigenvalue weighted by Crippen LogP contribution is -2.20. The molecule has 1 saturated carbocycles. The number of nitrogens with zero attached hydrogens (tertiary/aromatic N) is 1. The van der Waals surface area contributed by atoms with Gasteiger partial charge in [0.1, 0.15) is 0 Å². The first-order valence-electron chi connectivity index (χ1n) is 6.75. The molecule has 0 aromatic heterocycles. The van der Waals surface area contributed by atoms with Gasteiger partial charge in [0.25, 0.3) is 0 Å². The van der Waals surface area contributed by atoms with Crippen LogP contribution in [0.5, 0.6) is 0 Å². The molecule has 0 radical (unpaired) electrons. The van der Waals surface area contributed by atoms with Crippen LogP contribution in [0.1, 0.15) is 50.5 Å². The second-order valence-corrected chi connectivity index (χ2v) is 5.94. The fraction of sp³-hybridized carbons (Fsp3) is 0.533. The third-order valence-electron chi connectivity index (χ3n) is 3.50. The minimum absolute atomic E-state index is 0.561. The first-order chi connectivity index (χ1) is 8.78. The molecular weight excluding hydrogens is 288 g/mol. The van der Waals surface area contributed by atoms with Crippen molar-refractivity contribution in [1.29, 1.82) is 5.26 Å². The number of hydrogen-bond acceptors (Lipinski definition) is 2. The molecule has 3 heteroatoms. The first-order valence-corrected chi connectivity index (χ1v) is 7.54. The van der Waals surface area contributed by atoms with Gasteiger partial charge in [-0.25, -0.2) is 0 Å². The van der Waals surface area contributed by atoms with Crippen molar-refractivity contribution in [2.24, 2.45) is 0 Å². The maximum absolute atomic E-state index is 8.98. The third kappa shape index (κ3) is 4.03. The zero-order valence-corrected chi connectivity index (χ0v) is 12.2. The Hall–Kier alpha value is -1.01. The summed E-state index contributed by atoms with van der Waals surface area (Å²) in [6.45, 7) is 0. The van der Waals surface area contributed by atoms with Gasteiger partial charge in [-0.15, -0.1) is 0 Å². The van der Waals surface area contributed by atoms with E-state index in [2.05, 4.69) is 33.4 Å². The molecule has 96 valence electrons. The van der Waals surface area contributed by atoms with Gasteiger partial charge in [-0.1, -0.05) is 48.0 Å². The van der Waals surface area contributed by atoms with E-state index in [-0.39, 0.29) is 0 Å². The Labute approximate surface area is 118 Å². The molecule has 18 heavy (non-hydrogen) atoms. The molecule has 1 aliphatic rings. The minimum atomic E-state index is 0.561. The molecule has 2 nitrogen and oxygen atoms in total. The van der Waals surface area contributed by atoms with Crippen molar-refractivity contribution in [3.05, 3.63) is 28.2 Å². The number of rotatable bonds is 2. The van der Waals surface area contributed by atoms with E-state index in [1.807, 2.05) is 12.1 Å². The summed E-state index contributed by atoms with van der Waals surface area (Å²) < 4.78 is 0.967. The molecule has 0 unspecified atom stereocenters. The highest BCUT2D eigenvalue weighted by atomic mass is 79.9. The van der Waals surface area contributed by atoms with Crippen molar-refractivity contribution in [3.63, 3.8) is 0 Å². The molecule has 2 rings (SSSR count). The number of halogens is 1. The number of anilines is 1. The van der Waals surface area contributed by atoms with Gasteiger partial charge in [-0.3, -0.25) is 0 Å². The molecule has 1 fully saturated rings. The molecule has 0 aliphatic heterocycles. The van der Waals surface area contributed by atoms with Crippen LogP contribution in [0.4, 0.5) is 5.69 Å². The lowest BCUT2D eigenvalue weighted by atomic mass is 9.96. The van der Waals surface area contributed by atoms with Crippen LogP contribution in [0.25, 0.3) is 0 Å². The summed E-state index contributed by atoms with van der Waals surface area (Å²) >= 11 is 3.46. The van der Waals surface area contributed by atoms with Crippen molar-refractivity contribution >= 4 is 21.6 Å². The fourth-order valence-corrected chi connectivity index (χ4v) is 3.07. The monoisotopic (exact) mass is 306 g/mol. The summed E-state index contributed by atoms with van der Waals surface area (Å²) in [6.07, 6.45) is 9.23. The summed E-state index contributed by atoms with van der Waals surface area (Å²) in [4.78, 5) is 0. The van der Waals surface area contributed by atoms with Gasteiger partial charge >= 0.3 is 0 Å². The SMILES string of the molecule is N#Cc1cc(Br)cc(NC2CCCCCCC2)c1. The van der Waals surface area contributed by atoms with E-state index in [0.717, 1.165) is 10.2 Å². The zero-order valence-electron chi connectivity index (χ0n) is 10.6. The van der Waals surface area contributed by atoms with Crippen LogP contribution in [0, 0.1) is 11.3 Å². The van der Waals surface area contributed by atoms with Gasteiger partial charge in [-0.05, 0) is 31.0 Å². The molecule has 0 atom stereocenters. The topological polar surface area (TPSA) is 35.8 Å². The molecule has 0 saturated heterocycles. The second-order valence-electron chi connectivity index (χ2n) is 5.03. The molecule has 1 aliphatic carbocycles. The average molecular weight is 307 g/mol. The van der Waals surface area contributed by atoms with E-state index in [4.69, 9.17) is 5.26 Å². The predicted octanol–water partition coefficient (Wildman–Crippen LogP) is 4.85. The first kappa shape index (κ1) is 13.4. The molecular formula is C15H19BrN2. The Balaban J connectivity index is 2.03. The van der Waals surface area contributed by atoms with Gasteiger partial charge in [0.05, 0.1) is 11.6 Å². The number of nitriles is 1. The highest BCUT2D eigenvalue weighted by molar-refractivity contribution is 9.10. The Morgan fingerprint density at radius 1 is 1.06 bits per heavy atom. The summed E-state index contributed by atoms with van der Waals surface area (Å²) in [5.41, 5.74) is 1.77. The van der Waals surface area contributed by atoms with Crippen LogP contribution in [-0.2, 0) is 0 Å². The van der Waals surface area contributed by atoms with Crippen molar-refractivity contribution in [2.45, 2.75) is 51.0 Å². The molecule has 1 aromatic carbocycles. The molecule has 0 amide bonds. The van der Waals surface area contributed by atoms with E-state index in [1.54, 1.807) is 0 Å². The van der Waals surface area contributed by atoms with Crippen LogP contribution in [-0.4, -0.2) is 6.04 Å². The second kappa shape index (κ2) is 6.80. The number of benzene rings is 1. The lowest BCUT2D eigenvalue weighted by Gasteiger charge is -2.22. The minimum Gasteiger partial charge on any atom is -0.382 e. The Bertz CT molecular complexity index is 429. The summed E-state index contributed by atoms with van der Waals surface area (Å²) in [7, 11) is 0. The van der Waals surface area contributed by atoms with Crippen LogP contribution in [0.2, 0.25) is 0 Å². The largest absolute Gasteiger partial charge is 0.382 e. The highest BCUT2D eigenvalue weighted by Gasteiger charge is 2.11. The highest BCUT2D eigenvalue weighted by Crippen LogP contribution is 2.24. The zero-order chi connectivity index (χ0) is 12.8. The van der Waals surface area contributed by atoms with E-state index in [0.29, 0.717) is 11.6 Å². The standard InChI is InChI=1S/C15H19BrN2/c16-13-8-12(11-17)9-15(10-13)18-14-6-4-2-1-3-5-7-14/h8-10,14,18H,1-7H2. The Kier molecular flexibility index (Phi) is 5.07. The van der Waals surface area contributed by atoms with Gasteiger partial charge in [0.2, 0.25) is 0 Å². The smallest absolute Gasteiger partial charge is 0.0992 e. The van der Waals surface area contributed by atoms with Crippen molar-refractivity contribution in [2.75, 3.05) is 5.32 Å². The number of hydrogen-bond donors (Lipinski definition) is 1. The van der Waals surface area contributed by atoms with E-state index in [9.17, 15) is 0 Å². The predicted molar refractivity (Wildman–Crippen MR) is 78.6 cm³/mol. The van der Waals surface area contributed by atoms with E-state index in [1.165, 1.54) is 44.9 Å². The molecule has 1 aromatic rings.